The normalized spacial score (nSPS) is 22.6. The van der Waals surface area contributed by atoms with Gasteiger partial charge in [-0.2, -0.15) is 0 Å². The maximum atomic E-state index is 12.6. The third-order valence-corrected chi connectivity index (χ3v) is 5.20. The van der Waals surface area contributed by atoms with Gasteiger partial charge in [0.2, 0.25) is 5.91 Å². The van der Waals surface area contributed by atoms with Gasteiger partial charge in [-0.1, -0.05) is 57.4 Å². The molecule has 0 spiro atoms. The fourth-order valence-corrected chi connectivity index (χ4v) is 3.60. The van der Waals surface area contributed by atoms with Crippen molar-refractivity contribution in [2.24, 2.45) is 0 Å². The van der Waals surface area contributed by atoms with Gasteiger partial charge in [0.25, 0.3) is 5.91 Å². The zero-order valence-electron chi connectivity index (χ0n) is 16.2. The molecule has 0 aromatic heterocycles. The van der Waals surface area contributed by atoms with E-state index in [0.29, 0.717) is 19.5 Å². The molecule has 1 saturated heterocycles. The van der Waals surface area contributed by atoms with Crippen molar-refractivity contribution in [3.05, 3.63) is 35.4 Å². The molecule has 2 fully saturated rings. The molecule has 1 atom stereocenters. The van der Waals surface area contributed by atoms with Crippen molar-refractivity contribution in [3.63, 3.8) is 0 Å². The van der Waals surface area contributed by atoms with Crippen molar-refractivity contribution in [2.75, 3.05) is 13.1 Å². The molecule has 4 amide bonds. The number of rotatable bonds is 3. The van der Waals surface area contributed by atoms with E-state index in [1.165, 1.54) is 30.4 Å². The smallest absolute Gasteiger partial charge is 0.322 e. The van der Waals surface area contributed by atoms with Gasteiger partial charge < -0.3 is 10.2 Å². The van der Waals surface area contributed by atoms with Crippen LogP contribution in [0.15, 0.2) is 24.3 Å². The van der Waals surface area contributed by atoms with E-state index in [2.05, 4.69) is 36.6 Å². The molecular formula is C21H29N3O3. The minimum Gasteiger partial charge on any atom is -0.341 e. The molecule has 146 valence electrons. The number of imide groups is 1. The van der Waals surface area contributed by atoms with E-state index in [9.17, 15) is 14.4 Å². The first kappa shape index (κ1) is 19.4. The third kappa shape index (κ3) is 5.08. The topological polar surface area (TPSA) is 78.5 Å². The number of hydrogen-bond acceptors (Lipinski definition) is 3. The fourth-order valence-electron chi connectivity index (χ4n) is 3.60. The lowest BCUT2D eigenvalue weighted by atomic mass is 9.82. The second kappa shape index (κ2) is 8.11. The van der Waals surface area contributed by atoms with Gasteiger partial charge in [0, 0.05) is 24.9 Å². The quantitative estimate of drug-likeness (QED) is 0.802. The summed E-state index contributed by atoms with van der Waals surface area (Å²) >= 11 is 0. The molecule has 0 radical (unpaired) electrons. The van der Waals surface area contributed by atoms with Gasteiger partial charge in [-0.25, -0.2) is 4.79 Å². The lowest BCUT2D eigenvalue weighted by molar-refractivity contribution is -0.132. The van der Waals surface area contributed by atoms with Crippen LogP contribution in [0.3, 0.4) is 0 Å². The largest absolute Gasteiger partial charge is 0.341 e. The average molecular weight is 371 g/mol. The zero-order valence-corrected chi connectivity index (χ0v) is 16.2. The maximum Gasteiger partial charge on any atom is 0.322 e. The first-order chi connectivity index (χ1) is 12.9. The minimum absolute atomic E-state index is 0.0323. The van der Waals surface area contributed by atoms with Crippen molar-refractivity contribution in [2.45, 2.75) is 63.8 Å². The summed E-state index contributed by atoms with van der Waals surface area (Å²) in [5, 5.41) is 4.73. The number of fused-ring (bicyclic) bond motifs is 1. The molecule has 1 aliphatic carbocycles. The van der Waals surface area contributed by atoms with Crippen LogP contribution in [-0.4, -0.2) is 41.9 Å². The molecule has 4 rings (SSSR count). The van der Waals surface area contributed by atoms with Crippen molar-refractivity contribution < 1.29 is 14.4 Å². The SMILES string of the molecule is C1CC1.CC1(C)CN(C(=O)CCC2NC(=O)NC2=O)CCc2ccccc21. The Hall–Kier alpha value is -2.37. The molecular weight excluding hydrogens is 342 g/mol. The Balaban J connectivity index is 0.000000637. The van der Waals surface area contributed by atoms with Crippen molar-refractivity contribution in [3.8, 4) is 0 Å². The van der Waals surface area contributed by atoms with Gasteiger partial charge in [0.15, 0.2) is 0 Å². The Bertz CT molecular complexity index is 724. The number of nitrogens with one attached hydrogen (secondary N) is 2. The summed E-state index contributed by atoms with van der Waals surface area (Å²) in [6.45, 7) is 5.65. The average Bonchev–Trinajstić information content (AvgIpc) is 3.47. The molecule has 6 heteroatoms. The highest BCUT2D eigenvalue weighted by Gasteiger charge is 2.33. The standard InChI is InChI=1S/C18H23N3O3.C3H6/c1-18(2)11-21(10-9-12-5-3-4-6-13(12)18)15(22)8-7-14-16(23)20-17(24)19-14;1-2-3-1/h3-6,14H,7-11H2,1-2H3,(H2,19,20,23,24);1-3H2. The number of nitrogens with zero attached hydrogens (tertiary/aromatic N) is 1. The first-order valence-corrected chi connectivity index (χ1v) is 9.84. The summed E-state index contributed by atoms with van der Waals surface area (Å²) in [4.78, 5) is 37.2. The van der Waals surface area contributed by atoms with Crippen molar-refractivity contribution in [1.82, 2.24) is 15.5 Å². The molecule has 1 saturated carbocycles. The minimum atomic E-state index is -0.598. The lowest BCUT2D eigenvalue weighted by Crippen LogP contribution is -2.40. The van der Waals surface area contributed by atoms with Gasteiger partial charge in [-0.3, -0.25) is 14.9 Å². The van der Waals surface area contributed by atoms with Crippen LogP contribution in [0.25, 0.3) is 0 Å². The lowest BCUT2D eigenvalue weighted by Gasteiger charge is -2.31. The van der Waals surface area contributed by atoms with Gasteiger partial charge in [0.05, 0.1) is 0 Å². The van der Waals surface area contributed by atoms with Crippen LogP contribution in [-0.2, 0) is 21.4 Å². The number of carbonyl (C=O) groups excluding carboxylic acids is 3. The fraction of sp³-hybridized carbons (Fsp3) is 0.571. The van der Waals surface area contributed by atoms with E-state index in [0.717, 1.165) is 6.42 Å². The highest BCUT2D eigenvalue weighted by molar-refractivity contribution is 6.04. The summed E-state index contributed by atoms with van der Waals surface area (Å²) in [5.74, 6) is -0.318. The van der Waals surface area contributed by atoms with E-state index in [1.54, 1.807) is 0 Å². The molecule has 0 bridgehead atoms. The molecule has 2 N–H and O–H groups in total. The van der Waals surface area contributed by atoms with Crippen LogP contribution in [0.4, 0.5) is 4.79 Å². The molecule has 2 heterocycles. The molecule has 27 heavy (non-hydrogen) atoms. The van der Waals surface area contributed by atoms with E-state index >= 15 is 0 Å². The van der Waals surface area contributed by atoms with Crippen molar-refractivity contribution >= 4 is 17.8 Å². The van der Waals surface area contributed by atoms with E-state index < -0.39 is 12.1 Å². The van der Waals surface area contributed by atoms with Crippen LogP contribution in [0.2, 0.25) is 0 Å². The predicted molar refractivity (Wildman–Crippen MR) is 103 cm³/mol. The van der Waals surface area contributed by atoms with Gasteiger partial charge in [-0.05, 0) is 24.0 Å². The number of urea groups is 1. The van der Waals surface area contributed by atoms with Crippen LogP contribution in [0.1, 0.15) is 57.1 Å². The Morgan fingerprint density at radius 1 is 1.19 bits per heavy atom. The summed E-state index contributed by atoms with van der Waals surface area (Å²) in [6.07, 6.45) is 5.93. The number of carbonyl (C=O) groups is 3. The van der Waals surface area contributed by atoms with Crippen LogP contribution >= 0.6 is 0 Å². The highest BCUT2D eigenvalue weighted by atomic mass is 16.2. The van der Waals surface area contributed by atoms with Crippen LogP contribution in [0.5, 0.6) is 0 Å². The number of hydrogen-bond donors (Lipinski definition) is 2. The van der Waals surface area contributed by atoms with Crippen LogP contribution in [0, 0.1) is 0 Å². The Morgan fingerprint density at radius 2 is 1.89 bits per heavy atom. The maximum absolute atomic E-state index is 12.6. The molecule has 1 aromatic rings. The second-order valence-electron chi connectivity index (χ2n) is 8.22. The zero-order chi connectivity index (χ0) is 19.4. The monoisotopic (exact) mass is 371 g/mol. The van der Waals surface area contributed by atoms with Crippen molar-refractivity contribution in [1.29, 1.82) is 0 Å². The van der Waals surface area contributed by atoms with Gasteiger partial charge >= 0.3 is 6.03 Å². The molecule has 1 aromatic carbocycles. The molecule has 6 nitrogen and oxygen atoms in total. The van der Waals surface area contributed by atoms with Gasteiger partial charge in [0.1, 0.15) is 6.04 Å². The first-order valence-electron chi connectivity index (χ1n) is 9.84. The Morgan fingerprint density at radius 3 is 2.52 bits per heavy atom. The summed E-state index contributed by atoms with van der Waals surface area (Å²) in [6, 6.07) is 7.26. The van der Waals surface area contributed by atoms with Crippen LogP contribution < -0.4 is 10.6 Å². The Kier molecular flexibility index (Phi) is 5.82. The Labute approximate surface area is 160 Å². The third-order valence-electron chi connectivity index (χ3n) is 5.20. The summed E-state index contributed by atoms with van der Waals surface area (Å²) < 4.78 is 0. The molecule has 1 unspecified atom stereocenters. The number of amides is 4. The molecule has 3 aliphatic rings. The van der Waals surface area contributed by atoms with E-state index in [-0.39, 0.29) is 23.7 Å². The summed E-state index contributed by atoms with van der Waals surface area (Å²) in [5.41, 5.74) is 2.48. The number of benzene rings is 1. The van der Waals surface area contributed by atoms with E-state index in [1.807, 2.05) is 17.0 Å². The predicted octanol–water partition coefficient (Wildman–Crippen LogP) is 2.51. The van der Waals surface area contributed by atoms with Gasteiger partial charge in [-0.15, -0.1) is 0 Å². The molecule has 2 aliphatic heterocycles. The second-order valence-corrected chi connectivity index (χ2v) is 8.22. The van der Waals surface area contributed by atoms with E-state index in [4.69, 9.17) is 0 Å². The summed E-state index contributed by atoms with van der Waals surface area (Å²) in [7, 11) is 0. The highest BCUT2D eigenvalue weighted by Crippen LogP contribution is 2.31.